The molecule has 0 fully saturated rings. The molecule has 2 atom stereocenters. The van der Waals surface area contributed by atoms with E-state index in [0.29, 0.717) is 0 Å². The van der Waals surface area contributed by atoms with Crippen molar-refractivity contribution in [2.45, 2.75) is 31.2 Å². The Balaban J connectivity index is 4.22. The second-order valence-electron chi connectivity index (χ2n) is 2.08. The van der Waals surface area contributed by atoms with Crippen molar-refractivity contribution >= 4 is 11.1 Å². The Morgan fingerprint density at radius 3 is 2.09 bits per heavy atom. The quantitative estimate of drug-likeness (QED) is 0.632. The highest BCUT2D eigenvalue weighted by Gasteiger charge is 2.39. The van der Waals surface area contributed by atoms with Gasteiger partial charge in [-0.3, -0.25) is 4.21 Å². The summed E-state index contributed by atoms with van der Waals surface area (Å²) >= 11 is -3.05. The summed E-state index contributed by atoms with van der Waals surface area (Å²) in [6, 6.07) is 0. The molecule has 0 N–H and O–H groups in total. The Labute approximate surface area is 65.1 Å². The maximum Gasteiger partial charge on any atom is 0.401 e. The number of hydrogen-bond donors (Lipinski definition) is 0. The highest BCUT2D eigenvalue weighted by Crippen LogP contribution is 2.26. The van der Waals surface area contributed by atoms with Crippen LogP contribution < -0.4 is 0 Å². The van der Waals surface area contributed by atoms with Gasteiger partial charge in [0, 0.05) is 0 Å². The maximum atomic E-state index is 11.8. The SMILES string of the molecule is CCCC(S(=O)[O-])C(F)(F)F. The van der Waals surface area contributed by atoms with Crippen LogP contribution >= 0.6 is 0 Å². The van der Waals surface area contributed by atoms with Gasteiger partial charge in [-0.25, -0.2) is 0 Å². The Morgan fingerprint density at radius 2 is 2.00 bits per heavy atom. The molecule has 0 aromatic carbocycles. The van der Waals surface area contributed by atoms with Crippen LogP contribution in [0, 0.1) is 0 Å². The summed E-state index contributed by atoms with van der Waals surface area (Å²) in [4.78, 5) is 0. The van der Waals surface area contributed by atoms with Gasteiger partial charge >= 0.3 is 6.18 Å². The van der Waals surface area contributed by atoms with Crippen LogP contribution in [-0.4, -0.2) is 20.2 Å². The van der Waals surface area contributed by atoms with Crippen LogP contribution in [0.1, 0.15) is 19.8 Å². The molecule has 0 aromatic rings. The number of hydrogen-bond acceptors (Lipinski definition) is 2. The fourth-order valence-electron chi connectivity index (χ4n) is 0.631. The largest absolute Gasteiger partial charge is 0.772 e. The fourth-order valence-corrected chi connectivity index (χ4v) is 1.28. The normalized spacial score (nSPS) is 17.9. The summed E-state index contributed by atoms with van der Waals surface area (Å²) in [7, 11) is 0. The average molecular weight is 189 g/mol. The molecule has 68 valence electrons. The van der Waals surface area contributed by atoms with Crippen LogP contribution in [0.25, 0.3) is 0 Å². The van der Waals surface area contributed by atoms with Crippen molar-refractivity contribution in [1.82, 2.24) is 0 Å². The third-order valence-corrected chi connectivity index (χ3v) is 2.12. The topological polar surface area (TPSA) is 40.1 Å². The molecular weight excluding hydrogens is 181 g/mol. The van der Waals surface area contributed by atoms with Gasteiger partial charge in [0.25, 0.3) is 0 Å². The summed E-state index contributed by atoms with van der Waals surface area (Å²) in [6.07, 6.45) is -4.78. The standard InChI is InChI=1S/C5H9F3O2S/c1-2-3-4(11(9)10)5(6,7)8/h4H,2-3H2,1H3,(H,9,10)/p-1. The first-order chi connectivity index (χ1) is 4.89. The van der Waals surface area contributed by atoms with E-state index in [1.54, 1.807) is 0 Å². The van der Waals surface area contributed by atoms with Gasteiger partial charge in [-0.05, 0) is 17.5 Å². The molecule has 0 radical (unpaired) electrons. The second-order valence-corrected chi connectivity index (χ2v) is 3.17. The molecule has 0 saturated carbocycles. The number of halogens is 3. The minimum absolute atomic E-state index is 0.207. The van der Waals surface area contributed by atoms with E-state index in [2.05, 4.69) is 0 Å². The lowest BCUT2D eigenvalue weighted by atomic mass is 10.2. The van der Waals surface area contributed by atoms with Gasteiger partial charge in [0.1, 0.15) is 5.25 Å². The molecule has 2 unspecified atom stereocenters. The first-order valence-corrected chi connectivity index (χ1v) is 4.18. The van der Waals surface area contributed by atoms with Crippen molar-refractivity contribution in [2.24, 2.45) is 0 Å². The Morgan fingerprint density at radius 1 is 1.55 bits per heavy atom. The summed E-state index contributed by atoms with van der Waals surface area (Å²) in [5.74, 6) is 0. The van der Waals surface area contributed by atoms with Gasteiger partial charge < -0.3 is 4.55 Å². The maximum absolute atomic E-state index is 11.8. The molecule has 0 aromatic heterocycles. The second kappa shape index (κ2) is 4.06. The van der Waals surface area contributed by atoms with Crippen LogP contribution in [0.5, 0.6) is 0 Å². The molecule has 0 spiro atoms. The summed E-state index contributed by atoms with van der Waals surface area (Å²) in [5, 5.41) is -2.20. The summed E-state index contributed by atoms with van der Waals surface area (Å²) < 4.78 is 55.3. The van der Waals surface area contributed by atoms with Crippen LogP contribution in [0.15, 0.2) is 0 Å². The molecule has 0 amide bonds. The zero-order chi connectivity index (χ0) is 9.07. The number of alkyl halides is 3. The molecule has 0 saturated heterocycles. The van der Waals surface area contributed by atoms with E-state index >= 15 is 0 Å². The molecule has 0 rings (SSSR count). The Bertz CT molecular complexity index is 145. The van der Waals surface area contributed by atoms with E-state index in [-0.39, 0.29) is 12.8 Å². The van der Waals surface area contributed by atoms with E-state index in [9.17, 15) is 21.9 Å². The highest BCUT2D eigenvalue weighted by molar-refractivity contribution is 7.79. The molecule has 0 aliphatic rings. The van der Waals surface area contributed by atoms with Gasteiger partial charge in [0.15, 0.2) is 0 Å². The van der Waals surface area contributed by atoms with E-state index in [1.165, 1.54) is 6.92 Å². The fraction of sp³-hybridized carbons (Fsp3) is 1.00. The van der Waals surface area contributed by atoms with E-state index < -0.39 is 22.5 Å². The summed E-state index contributed by atoms with van der Waals surface area (Å²) in [5.41, 5.74) is 0. The van der Waals surface area contributed by atoms with Gasteiger partial charge in [0.2, 0.25) is 0 Å². The van der Waals surface area contributed by atoms with E-state index in [0.717, 1.165) is 0 Å². The third-order valence-electron chi connectivity index (χ3n) is 1.15. The molecule has 0 aliphatic heterocycles. The molecule has 0 aliphatic carbocycles. The van der Waals surface area contributed by atoms with Crippen LogP contribution in [0.3, 0.4) is 0 Å². The number of rotatable bonds is 3. The highest BCUT2D eigenvalue weighted by atomic mass is 32.2. The lowest BCUT2D eigenvalue weighted by molar-refractivity contribution is -0.131. The van der Waals surface area contributed by atoms with Gasteiger partial charge in [0.05, 0.1) is 0 Å². The van der Waals surface area contributed by atoms with Gasteiger partial charge in [-0.2, -0.15) is 13.2 Å². The van der Waals surface area contributed by atoms with Gasteiger partial charge in [-0.1, -0.05) is 13.3 Å². The lowest BCUT2D eigenvalue weighted by Gasteiger charge is -2.21. The van der Waals surface area contributed by atoms with Crippen molar-refractivity contribution in [3.63, 3.8) is 0 Å². The van der Waals surface area contributed by atoms with Crippen molar-refractivity contribution in [3.8, 4) is 0 Å². The third kappa shape index (κ3) is 3.71. The minimum Gasteiger partial charge on any atom is -0.772 e. The average Bonchev–Trinajstić information content (AvgIpc) is 1.79. The predicted molar refractivity (Wildman–Crippen MR) is 33.7 cm³/mol. The van der Waals surface area contributed by atoms with E-state index in [1.807, 2.05) is 0 Å². The molecule has 6 heteroatoms. The van der Waals surface area contributed by atoms with Gasteiger partial charge in [-0.15, -0.1) is 0 Å². The zero-order valence-electron chi connectivity index (χ0n) is 5.85. The Kier molecular flexibility index (Phi) is 4.02. The van der Waals surface area contributed by atoms with Crippen LogP contribution in [0.4, 0.5) is 13.2 Å². The smallest absolute Gasteiger partial charge is 0.401 e. The zero-order valence-corrected chi connectivity index (χ0v) is 6.67. The molecule has 11 heavy (non-hydrogen) atoms. The predicted octanol–water partition coefficient (Wildman–Crippen LogP) is 1.60. The minimum atomic E-state index is -4.62. The van der Waals surface area contributed by atoms with Crippen molar-refractivity contribution in [1.29, 1.82) is 0 Å². The molecule has 0 heterocycles. The lowest BCUT2D eigenvalue weighted by Crippen LogP contribution is -2.32. The van der Waals surface area contributed by atoms with Crippen LogP contribution in [0.2, 0.25) is 0 Å². The molecule has 0 bridgehead atoms. The molecular formula is C5H8F3O2S-. The van der Waals surface area contributed by atoms with Crippen molar-refractivity contribution < 1.29 is 21.9 Å². The first-order valence-electron chi connectivity index (χ1n) is 3.04. The van der Waals surface area contributed by atoms with Crippen LogP contribution in [-0.2, 0) is 11.1 Å². The van der Waals surface area contributed by atoms with Crippen molar-refractivity contribution in [3.05, 3.63) is 0 Å². The summed E-state index contributed by atoms with van der Waals surface area (Å²) in [6.45, 7) is 1.51. The first kappa shape index (κ1) is 10.9. The molecule has 2 nitrogen and oxygen atoms in total. The monoisotopic (exact) mass is 189 g/mol. The van der Waals surface area contributed by atoms with Crippen molar-refractivity contribution in [2.75, 3.05) is 0 Å². The Hall–Kier alpha value is -0.100. The van der Waals surface area contributed by atoms with E-state index in [4.69, 9.17) is 0 Å².